The fourth-order valence-electron chi connectivity index (χ4n) is 2.63. The molecule has 2 aliphatic heterocycles. The first-order chi connectivity index (χ1) is 7.64. The Kier molecular flexibility index (Phi) is 3.50. The molecule has 0 aromatic rings. The Morgan fingerprint density at radius 1 is 1.44 bits per heavy atom. The molecule has 0 aliphatic carbocycles. The van der Waals surface area contributed by atoms with Crippen LogP contribution >= 0.6 is 0 Å². The van der Waals surface area contributed by atoms with Crippen molar-refractivity contribution in [2.75, 3.05) is 19.7 Å². The summed E-state index contributed by atoms with van der Waals surface area (Å²) in [5.41, 5.74) is -0.0875. The highest BCUT2D eigenvalue weighted by molar-refractivity contribution is 5.78. The van der Waals surface area contributed by atoms with Crippen molar-refractivity contribution in [3.8, 4) is 0 Å². The van der Waals surface area contributed by atoms with Gasteiger partial charge >= 0.3 is 0 Å². The quantitative estimate of drug-likeness (QED) is 0.727. The van der Waals surface area contributed by atoms with Crippen molar-refractivity contribution >= 4 is 5.91 Å². The van der Waals surface area contributed by atoms with Crippen LogP contribution in [0.3, 0.4) is 0 Å². The van der Waals surface area contributed by atoms with Gasteiger partial charge in [0.1, 0.15) is 0 Å². The molecule has 2 saturated heterocycles. The summed E-state index contributed by atoms with van der Waals surface area (Å²) in [5.74, 6) is 0.202. The number of hydrogen-bond acceptors (Lipinski definition) is 3. The molecule has 0 bridgehead atoms. The van der Waals surface area contributed by atoms with Crippen LogP contribution in [0, 0.1) is 5.92 Å². The number of nitrogens with one attached hydrogen (secondary N) is 2. The third-order valence-corrected chi connectivity index (χ3v) is 3.72. The Morgan fingerprint density at radius 3 is 2.75 bits per heavy atom. The van der Waals surface area contributed by atoms with Crippen LogP contribution in [0.15, 0.2) is 0 Å². The van der Waals surface area contributed by atoms with Gasteiger partial charge in [0.2, 0.25) is 5.91 Å². The summed E-state index contributed by atoms with van der Waals surface area (Å²) in [6.07, 6.45) is 2.98. The van der Waals surface area contributed by atoms with E-state index in [2.05, 4.69) is 10.6 Å². The van der Waals surface area contributed by atoms with Crippen LogP contribution in [0.4, 0.5) is 0 Å². The van der Waals surface area contributed by atoms with E-state index in [-0.39, 0.29) is 23.5 Å². The smallest absolute Gasteiger partial charge is 0.222 e. The maximum Gasteiger partial charge on any atom is 0.222 e. The molecule has 16 heavy (non-hydrogen) atoms. The zero-order valence-electron chi connectivity index (χ0n) is 10.2. The molecule has 0 radical (unpaired) electrons. The summed E-state index contributed by atoms with van der Waals surface area (Å²) in [6, 6.07) is 0.212. The second-order valence-corrected chi connectivity index (χ2v) is 5.17. The van der Waals surface area contributed by atoms with Gasteiger partial charge < -0.3 is 15.4 Å². The highest BCUT2D eigenvalue weighted by Crippen LogP contribution is 2.34. The van der Waals surface area contributed by atoms with Gasteiger partial charge in [-0.25, -0.2) is 0 Å². The minimum Gasteiger partial charge on any atom is -0.373 e. The van der Waals surface area contributed by atoms with E-state index in [1.165, 1.54) is 0 Å². The minimum absolute atomic E-state index is 0.0550. The van der Waals surface area contributed by atoms with Crippen LogP contribution < -0.4 is 10.6 Å². The molecule has 1 atom stereocenters. The van der Waals surface area contributed by atoms with Gasteiger partial charge in [-0.15, -0.1) is 0 Å². The number of rotatable bonds is 2. The molecule has 1 amide bonds. The van der Waals surface area contributed by atoms with Crippen LogP contribution in [0.25, 0.3) is 0 Å². The van der Waals surface area contributed by atoms with E-state index >= 15 is 0 Å². The van der Waals surface area contributed by atoms with Gasteiger partial charge in [-0.3, -0.25) is 4.79 Å². The molecule has 0 aromatic carbocycles. The minimum atomic E-state index is -0.0875. The molecule has 2 rings (SSSR count). The lowest BCUT2D eigenvalue weighted by Gasteiger charge is -2.38. The monoisotopic (exact) mass is 226 g/mol. The molecule has 0 aromatic heterocycles. The van der Waals surface area contributed by atoms with Crippen molar-refractivity contribution in [2.24, 2.45) is 5.92 Å². The summed E-state index contributed by atoms with van der Waals surface area (Å²) in [4.78, 5) is 11.7. The van der Waals surface area contributed by atoms with Crippen molar-refractivity contribution in [3.05, 3.63) is 0 Å². The lowest BCUT2D eigenvalue weighted by Crippen LogP contribution is -2.55. The first-order valence-electron chi connectivity index (χ1n) is 6.29. The fourth-order valence-corrected chi connectivity index (χ4v) is 2.63. The van der Waals surface area contributed by atoms with E-state index in [0.29, 0.717) is 0 Å². The van der Waals surface area contributed by atoms with Gasteiger partial charge in [0.05, 0.1) is 11.6 Å². The third-order valence-electron chi connectivity index (χ3n) is 3.72. The predicted octanol–water partition coefficient (Wildman–Crippen LogP) is 0.670. The molecule has 92 valence electrons. The van der Waals surface area contributed by atoms with Crippen molar-refractivity contribution in [1.82, 2.24) is 10.6 Å². The van der Waals surface area contributed by atoms with Crippen LogP contribution in [0.1, 0.15) is 33.1 Å². The first kappa shape index (κ1) is 11.9. The van der Waals surface area contributed by atoms with Gasteiger partial charge in [0, 0.05) is 12.5 Å². The Morgan fingerprint density at radius 2 is 2.12 bits per heavy atom. The molecular weight excluding hydrogens is 204 g/mol. The van der Waals surface area contributed by atoms with Crippen molar-refractivity contribution in [2.45, 2.75) is 44.8 Å². The zero-order valence-corrected chi connectivity index (χ0v) is 10.2. The number of carbonyl (C=O) groups is 1. The SMILES string of the molecule is CC(C)C(=O)NC1CCOC12CCNCC2. The molecule has 1 spiro atoms. The van der Waals surface area contributed by atoms with E-state index in [1.54, 1.807) is 0 Å². The molecule has 4 nitrogen and oxygen atoms in total. The summed E-state index contributed by atoms with van der Waals surface area (Å²) in [7, 11) is 0. The Balaban J connectivity index is 1.99. The van der Waals surface area contributed by atoms with Gasteiger partial charge in [0.25, 0.3) is 0 Å². The number of carbonyl (C=O) groups excluding carboxylic acids is 1. The molecule has 2 fully saturated rings. The van der Waals surface area contributed by atoms with E-state index in [4.69, 9.17) is 4.74 Å². The van der Waals surface area contributed by atoms with Gasteiger partial charge in [-0.1, -0.05) is 13.8 Å². The average molecular weight is 226 g/mol. The Bertz CT molecular complexity index is 260. The topological polar surface area (TPSA) is 50.4 Å². The second-order valence-electron chi connectivity index (χ2n) is 5.17. The van der Waals surface area contributed by atoms with Crippen molar-refractivity contribution < 1.29 is 9.53 Å². The maximum atomic E-state index is 11.7. The summed E-state index contributed by atoms with van der Waals surface area (Å²) >= 11 is 0. The predicted molar refractivity (Wildman–Crippen MR) is 62.2 cm³/mol. The molecule has 2 heterocycles. The molecular formula is C12H22N2O2. The van der Waals surface area contributed by atoms with Crippen LogP contribution in [0.5, 0.6) is 0 Å². The molecule has 0 saturated carbocycles. The first-order valence-corrected chi connectivity index (χ1v) is 6.29. The van der Waals surface area contributed by atoms with Gasteiger partial charge in [-0.2, -0.15) is 0 Å². The van der Waals surface area contributed by atoms with E-state index in [9.17, 15) is 4.79 Å². The maximum absolute atomic E-state index is 11.7. The second kappa shape index (κ2) is 4.72. The summed E-state index contributed by atoms with van der Waals surface area (Å²) in [5, 5.41) is 6.49. The third kappa shape index (κ3) is 2.23. The number of piperidine rings is 1. The lowest BCUT2D eigenvalue weighted by molar-refractivity contribution is -0.126. The fraction of sp³-hybridized carbons (Fsp3) is 0.917. The lowest BCUT2D eigenvalue weighted by atomic mass is 9.85. The van der Waals surface area contributed by atoms with Crippen molar-refractivity contribution in [3.63, 3.8) is 0 Å². The Labute approximate surface area is 97.1 Å². The zero-order chi connectivity index (χ0) is 11.6. The van der Waals surface area contributed by atoms with E-state index < -0.39 is 0 Å². The average Bonchev–Trinajstić information content (AvgIpc) is 2.62. The number of ether oxygens (including phenoxy) is 1. The number of amides is 1. The Hall–Kier alpha value is -0.610. The van der Waals surface area contributed by atoms with Gasteiger partial charge in [0.15, 0.2) is 0 Å². The largest absolute Gasteiger partial charge is 0.373 e. The van der Waals surface area contributed by atoms with E-state index in [1.807, 2.05) is 13.8 Å². The summed E-state index contributed by atoms with van der Waals surface area (Å²) < 4.78 is 5.92. The van der Waals surface area contributed by atoms with Crippen LogP contribution in [-0.2, 0) is 9.53 Å². The van der Waals surface area contributed by atoms with Crippen LogP contribution in [-0.4, -0.2) is 37.2 Å². The molecule has 1 unspecified atom stereocenters. The highest BCUT2D eigenvalue weighted by atomic mass is 16.5. The highest BCUT2D eigenvalue weighted by Gasteiger charge is 2.45. The van der Waals surface area contributed by atoms with Gasteiger partial charge in [-0.05, 0) is 32.4 Å². The molecule has 2 N–H and O–H groups in total. The van der Waals surface area contributed by atoms with E-state index in [0.717, 1.165) is 39.0 Å². The normalized spacial score (nSPS) is 28.6. The summed E-state index contributed by atoms with van der Waals surface area (Å²) in [6.45, 7) is 6.63. The van der Waals surface area contributed by atoms with Crippen LogP contribution in [0.2, 0.25) is 0 Å². The number of hydrogen-bond donors (Lipinski definition) is 2. The van der Waals surface area contributed by atoms with Crippen molar-refractivity contribution in [1.29, 1.82) is 0 Å². The standard InChI is InChI=1S/C12H22N2O2/c1-9(2)11(15)14-10-3-8-16-12(10)4-6-13-7-5-12/h9-10,13H,3-8H2,1-2H3,(H,14,15). The molecule has 2 aliphatic rings. The molecule has 4 heteroatoms.